The number of carbonyl (C=O) groups is 1. The molecule has 16 heavy (non-hydrogen) atoms. The summed E-state index contributed by atoms with van der Waals surface area (Å²) in [6, 6.07) is 0.452. The summed E-state index contributed by atoms with van der Waals surface area (Å²) in [5.41, 5.74) is 5.87. The molecule has 0 unspecified atom stereocenters. The van der Waals surface area contributed by atoms with Crippen LogP contribution in [0.2, 0.25) is 0 Å². The molecule has 0 radical (unpaired) electrons. The summed E-state index contributed by atoms with van der Waals surface area (Å²) in [6.45, 7) is 2.04. The number of nitrogens with one attached hydrogen (secondary N) is 1. The van der Waals surface area contributed by atoms with Crippen molar-refractivity contribution in [1.29, 1.82) is 0 Å². The summed E-state index contributed by atoms with van der Waals surface area (Å²) in [7, 11) is 0. The lowest BCUT2D eigenvalue weighted by Gasteiger charge is -2.06. The van der Waals surface area contributed by atoms with Crippen molar-refractivity contribution < 1.29 is 9.53 Å². The number of rotatable bonds is 4. The first-order valence-corrected chi connectivity index (χ1v) is 5.27. The lowest BCUT2D eigenvalue weighted by atomic mass is 10.3. The molecule has 0 atom stereocenters. The fourth-order valence-corrected chi connectivity index (χ4v) is 1.24. The minimum absolute atomic E-state index is 0.150. The average molecular weight is 222 g/mol. The van der Waals surface area contributed by atoms with E-state index in [0.29, 0.717) is 18.6 Å². The van der Waals surface area contributed by atoms with Crippen LogP contribution in [0.25, 0.3) is 0 Å². The van der Waals surface area contributed by atoms with Crippen LogP contribution in [0.3, 0.4) is 0 Å². The van der Waals surface area contributed by atoms with E-state index in [2.05, 4.69) is 15.3 Å². The van der Waals surface area contributed by atoms with Gasteiger partial charge in [-0.15, -0.1) is 0 Å². The Morgan fingerprint density at radius 1 is 1.69 bits per heavy atom. The van der Waals surface area contributed by atoms with E-state index in [0.717, 1.165) is 12.8 Å². The highest BCUT2D eigenvalue weighted by molar-refractivity contribution is 5.93. The van der Waals surface area contributed by atoms with Crippen molar-refractivity contribution in [1.82, 2.24) is 9.97 Å². The summed E-state index contributed by atoms with van der Waals surface area (Å²) in [4.78, 5) is 19.4. The quantitative estimate of drug-likeness (QED) is 0.733. The molecule has 0 amide bonds. The first-order valence-electron chi connectivity index (χ1n) is 5.27. The molecule has 6 heteroatoms. The second-order valence-electron chi connectivity index (χ2n) is 3.63. The van der Waals surface area contributed by atoms with Gasteiger partial charge in [0, 0.05) is 12.2 Å². The van der Waals surface area contributed by atoms with Crippen molar-refractivity contribution in [2.24, 2.45) is 0 Å². The number of nitrogens with two attached hydrogens (primary N) is 1. The summed E-state index contributed by atoms with van der Waals surface area (Å²) in [6.07, 6.45) is 3.65. The van der Waals surface area contributed by atoms with Crippen LogP contribution in [0.15, 0.2) is 6.20 Å². The number of aromatic nitrogens is 2. The Morgan fingerprint density at radius 3 is 3.00 bits per heavy atom. The first-order chi connectivity index (χ1) is 7.70. The Labute approximate surface area is 93.2 Å². The van der Waals surface area contributed by atoms with Gasteiger partial charge in [-0.25, -0.2) is 9.78 Å². The van der Waals surface area contributed by atoms with Crippen molar-refractivity contribution in [3.8, 4) is 0 Å². The molecule has 3 N–H and O–H groups in total. The number of ether oxygens (including phenoxy) is 1. The van der Waals surface area contributed by atoms with Gasteiger partial charge in [0.2, 0.25) is 5.95 Å². The van der Waals surface area contributed by atoms with Gasteiger partial charge in [-0.05, 0) is 19.8 Å². The van der Waals surface area contributed by atoms with Crippen LogP contribution >= 0.6 is 0 Å². The molecule has 1 aromatic rings. The predicted octanol–water partition coefficient (Wildman–Crippen LogP) is 0.810. The fourth-order valence-electron chi connectivity index (χ4n) is 1.24. The van der Waals surface area contributed by atoms with Crippen LogP contribution in [-0.4, -0.2) is 28.6 Å². The third kappa shape index (κ3) is 2.39. The maximum absolute atomic E-state index is 11.4. The minimum atomic E-state index is -0.488. The van der Waals surface area contributed by atoms with Crippen LogP contribution in [-0.2, 0) is 4.74 Å². The molecule has 0 aromatic carbocycles. The first kappa shape index (κ1) is 10.7. The zero-order chi connectivity index (χ0) is 11.5. The van der Waals surface area contributed by atoms with Gasteiger partial charge in [-0.1, -0.05) is 0 Å². The highest BCUT2D eigenvalue weighted by Crippen LogP contribution is 2.23. The molecule has 2 rings (SSSR count). The maximum atomic E-state index is 11.4. The second-order valence-corrected chi connectivity index (χ2v) is 3.63. The van der Waals surface area contributed by atoms with E-state index in [4.69, 9.17) is 10.5 Å². The second kappa shape index (κ2) is 4.34. The van der Waals surface area contributed by atoms with E-state index in [1.165, 1.54) is 6.20 Å². The van der Waals surface area contributed by atoms with Crippen molar-refractivity contribution in [3.63, 3.8) is 0 Å². The third-order valence-electron chi connectivity index (χ3n) is 2.22. The molecule has 0 saturated heterocycles. The monoisotopic (exact) mass is 222 g/mol. The molecule has 1 fully saturated rings. The third-order valence-corrected chi connectivity index (χ3v) is 2.22. The van der Waals surface area contributed by atoms with E-state index >= 15 is 0 Å². The van der Waals surface area contributed by atoms with Gasteiger partial charge in [0.1, 0.15) is 11.4 Å². The van der Waals surface area contributed by atoms with Crippen LogP contribution in [0.1, 0.15) is 30.1 Å². The number of nitrogen functional groups attached to an aromatic ring is 1. The van der Waals surface area contributed by atoms with E-state index < -0.39 is 5.97 Å². The molecule has 1 heterocycles. The van der Waals surface area contributed by atoms with Gasteiger partial charge in [0.25, 0.3) is 0 Å². The highest BCUT2D eigenvalue weighted by atomic mass is 16.5. The zero-order valence-electron chi connectivity index (χ0n) is 9.06. The SMILES string of the molecule is CCOC(=O)c1cnc(NC2CC2)nc1N. The Morgan fingerprint density at radius 2 is 2.44 bits per heavy atom. The van der Waals surface area contributed by atoms with Crippen molar-refractivity contribution in [2.45, 2.75) is 25.8 Å². The largest absolute Gasteiger partial charge is 0.462 e. The Bertz CT molecular complexity index is 404. The number of hydrogen-bond donors (Lipinski definition) is 2. The number of esters is 1. The van der Waals surface area contributed by atoms with Gasteiger partial charge < -0.3 is 15.8 Å². The molecule has 0 aliphatic heterocycles. The summed E-state index contributed by atoms with van der Waals surface area (Å²) < 4.78 is 4.82. The molecule has 1 aromatic heterocycles. The van der Waals surface area contributed by atoms with Gasteiger partial charge in [0.05, 0.1) is 6.61 Å². The molecule has 1 aliphatic rings. The van der Waals surface area contributed by atoms with Gasteiger partial charge in [0.15, 0.2) is 0 Å². The lowest BCUT2D eigenvalue weighted by Crippen LogP contribution is -2.13. The average Bonchev–Trinajstić information content (AvgIpc) is 3.02. The van der Waals surface area contributed by atoms with Crippen LogP contribution in [0.4, 0.5) is 11.8 Å². The van der Waals surface area contributed by atoms with Gasteiger partial charge in [-0.3, -0.25) is 0 Å². The minimum Gasteiger partial charge on any atom is -0.462 e. The normalized spacial score (nSPS) is 14.6. The van der Waals surface area contributed by atoms with E-state index in [9.17, 15) is 4.79 Å². The van der Waals surface area contributed by atoms with Crippen LogP contribution in [0, 0.1) is 0 Å². The standard InChI is InChI=1S/C10H14N4O2/c1-2-16-9(15)7-5-12-10(14-8(7)11)13-6-3-4-6/h5-6H,2-4H2,1H3,(H3,11,12,13,14). The van der Waals surface area contributed by atoms with E-state index in [1.807, 2.05) is 0 Å². The molecule has 6 nitrogen and oxygen atoms in total. The number of anilines is 2. The molecule has 0 bridgehead atoms. The van der Waals surface area contributed by atoms with Crippen LogP contribution < -0.4 is 11.1 Å². The number of carbonyl (C=O) groups excluding carboxylic acids is 1. The molecular formula is C10H14N4O2. The summed E-state index contributed by atoms with van der Waals surface area (Å²) >= 11 is 0. The van der Waals surface area contributed by atoms with Crippen molar-refractivity contribution in [3.05, 3.63) is 11.8 Å². The van der Waals surface area contributed by atoms with E-state index in [-0.39, 0.29) is 11.4 Å². The van der Waals surface area contributed by atoms with Crippen LogP contribution in [0.5, 0.6) is 0 Å². The van der Waals surface area contributed by atoms with Crippen molar-refractivity contribution in [2.75, 3.05) is 17.7 Å². The van der Waals surface area contributed by atoms with E-state index in [1.54, 1.807) is 6.92 Å². The Hall–Kier alpha value is -1.85. The number of hydrogen-bond acceptors (Lipinski definition) is 6. The van der Waals surface area contributed by atoms with Gasteiger partial charge in [-0.2, -0.15) is 4.98 Å². The molecular weight excluding hydrogens is 208 g/mol. The smallest absolute Gasteiger partial charge is 0.343 e. The van der Waals surface area contributed by atoms with Gasteiger partial charge >= 0.3 is 5.97 Å². The molecule has 1 aliphatic carbocycles. The fraction of sp³-hybridized carbons (Fsp3) is 0.500. The predicted molar refractivity (Wildman–Crippen MR) is 59.0 cm³/mol. The Kier molecular flexibility index (Phi) is 2.89. The molecule has 1 saturated carbocycles. The molecule has 0 spiro atoms. The van der Waals surface area contributed by atoms with Crippen molar-refractivity contribution >= 4 is 17.7 Å². The lowest BCUT2D eigenvalue weighted by molar-refractivity contribution is 0.0527. The summed E-state index contributed by atoms with van der Waals surface area (Å²) in [5.74, 6) is 0.127. The topological polar surface area (TPSA) is 90.1 Å². The molecule has 86 valence electrons. The Balaban J connectivity index is 2.11. The zero-order valence-corrected chi connectivity index (χ0v) is 9.06. The highest BCUT2D eigenvalue weighted by Gasteiger charge is 2.22. The maximum Gasteiger partial charge on any atom is 0.343 e. The number of nitrogens with zero attached hydrogens (tertiary/aromatic N) is 2. The summed E-state index contributed by atoms with van der Waals surface area (Å²) in [5, 5.41) is 3.10.